The third-order valence-corrected chi connectivity index (χ3v) is 4.06. The van der Waals surface area contributed by atoms with Gasteiger partial charge in [0.2, 0.25) is 0 Å². The molecule has 0 saturated heterocycles. The lowest BCUT2D eigenvalue weighted by molar-refractivity contribution is 0.279. The molecular formula is C15H25N3S. The van der Waals surface area contributed by atoms with Gasteiger partial charge in [-0.25, -0.2) is 4.98 Å². The summed E-state index contributed by atoms with van der Waals surface area (Å²) in [6.07, 6.45) is 3.52. The molecule has 2 heterocycles. The molecule has 3 nitrogen and oxygen atoms in total. The maximum atomic E-state index is 4.73. The summed E-state index contributed by atoms with van der Waals surface area (Å²) in [6, 6.07) is 0. The van der Waals surface area contributed by atoms with E-state index in [1.54, 1.807) is 11.3 Å². The Morgan fingerprint density at radius 2 is 2.21 bits per heavy atom. The molecule has 0 saturated carbocycles. The molecule has 1 N–H and O–H groups in total. The smallest absolute Gasteiger partial charge is 0.107 e. The van der Waals surface area contributed by atoms with Crippen molar-refractivity contribution in [1.29, 1.82) is 0 Å². The quantitative estimate of drug-likeness (QED) is 0.858. The topological polar surface area (TPSA) is 28.2 Å². The Morgan fingerprint density at radius 3 is 2.89 bits per heavy atom. The van der Waals surface area contributed by atoms with E-state index in [1.165, 1.54) is 22.7 Å². The van der Waals surface area contributed by atoms with Gasteiger partial charge >= 0.3 is 0 Å². The molecule has 1 aliphatic heterocycles. The van der Waals surface area contributed by atoms with Gasteiger partial charge in [0.25, 0.3) is 0 Å². The van der Waals surface area contributed by atoms with Crippen LogP contribution in [0, 0.1) is 0 Å². The lowest BCUT2D eigenvalue weighted by Gasteiger charge is -2.24. The number of rotatable bonds is 4. The number of nitrogens with one attached hydrogen (secondary N) is 1. The van der Waals surface area contributed by atoms with E-state index >= 15 is 0 Å². The first-order valence-corrected chi connectivity index (χ1v) is 7.87. The standard InChI is InChI=1S/C15H25N3S/c1-12-6-5-7-18(9-12)10-13-11-19-14(17-13)8-16-15(2,3)4/h6,11,16H,5,7-10H2,1-4H3. The minimum atomic E-state index is 0.153. The fraction of sp³-hybridized carbons (Fsp3) is 0.667. The summed E-state index contributed by atoms with van der Waals surface area (Å²) in [5.74, 6) is 0. The summed E-state index contributed by atoms with van der Waals surface area (Å²) in [5.41, 5.74) is 2.85. The zero-order valence-electron chi connectivity index (χ0n) is 12.5. The Hall–Kier alpha value is -0.710. The van der Waals surface area contributed by atoms with Crippen molar-refractivity contribution in [2.75, 3.05) is 13.1 Å². The molecule has 0 aliphatic carbocycles. The summed E-state index contributed by atoms with van der Waals surface area (Å²) in [5, 5.41) is 6.88. The van der Waals surface area contributed by atoms with Crippen molar-refractivity contribution in [3.05, 3.63) is 27.7 Å². The van der Waals surface area contributed by atoms with Crippen LogP contribution in [0.15, 0.2) is 17.0 Å². The van der Waals surface area contributed by atoms with E-state index < -0.39 is 0 Å². The number of nitrogens with zero attached hydrogens (tertiary/aromatic N) is 2. The Labute approximate surface area is 120 Å². The van der Waals surface area contributed by atoms with Gasteiger partial charge in [-0.2, -0.15) is 0 Å². The molecule has 106 valence electrons. The molecule has 0 atom stereocenters. The van der Waals surface area contributed by atoms with Crippen LogP contribution in [-0.4, -0.2) is 28.5 Å². The van der Waals surface area contributed by atoms with Crippen molar-refractivity contribution in [3.63, 3.8) is 0 Å². The van der Waals surface area contributed by atoms with Gasteiger partial charge in [-0.1, -0.05) is 11.6 Å². The van der Waals surface area contributed by atoms with Crippen LogP contribution in [0.3, 0.4) is 0 Å². The van der Waals surface area contributed by atoms with Crippen LogP contribution < -0.4 is 5.32 Å². The normalized spacial score (nSPS) is 17.6. The SMILES string of the molecule is CC1=CCCN(Cc2csc(CNC(C)(C)C)n2)C1. The van der Waals surface area contributed by atoms with Crippen LogP contribution >= 0.6 is 11.3 Å². The average molecular weight is 279 g/mol. The van der Waals surface area contributed by atoms with Crippen molar-refractivity contribution < 1.29 is 0 Å². The van der Waals surface area contributed by atoms with Gasteiger partial charge in [-0.05, 0) is 34.1 Å². The number of hydrogen-bond donors (Lipinski definition) is 1. The summed E-state index contributed by atoms with van der Waals surface area (Å²) < 4.78 is 0. The second kappa shape index (κ2) is 6.16. The van der Waals surface area contributed by atoms with E-state index in [-0.39, 0.29) is 5.54 Å². The van der Waals surface area contributed by atoms with Crippen LogP contribution in [0.2, 0.25) is 0 Å². The van der Waals surface area contributed by atoms with Crippen LogP contribution in [0.5, 0.6) is 0 Å². The molecule has 0 amide bonds. The van der Waals surface area contributed by atoms with Crippen molar-refractivity contribution in [1.82, 2.24) is 15.2 Å². The fourth-order valence-corrected chi connectivity index (χ4v) is 2.92. The van der Waals surface area contributed by atoms with Crippen LogP contribution in [0.4, 0.5) is 0 Å². The van der Waals surface area contributed by atoms with Crippen LogP contribution in [0.25, 0.3) is 0 Å². The maximum Gasteiger partial charge on any atom is 0.107 e. The van der Waals surface area contributed by atoms with Gasteiger partial charge in [0.15, 0.2) is 0 Å². The molecule has 0 aromatic carbocycles. The zero-order chi connectivity index (χ0) is 13.9. The molecule has 4 heteroatoms. The van der Waals surface area contributed by atoms with Gasteiger partial charge in [0.1, 0.15) is 5.01 Å². The fourth-order valence-electron chi connectivity index (χ4n) is 2.20. The van der Waals surface area contributed by atoms with E-state index in [4.69, 9.17) is 4.98 Å². The molecule has 1 aromatic rings. The Bertz CT molecular complexity index is 442. The van der Waals surface area contributed by atoms with Crippen LogP contribution in [0.1, 0.15) is 44.8 Å². The summed E-state index contributed by atoms with van der Waals surface area (Å²) >= 11 is 1.76. The van der Waals surface area contributed by atoms with Crippen molar-refractivity contribution in [2.24, 2.45) is 0 Å². The first kappa shape index (κ1) is 14.7. The molecule has 0 radical (unpaired) electrons. The van der Waals surface area contributed by atoms with Gasteiger partial charge in [-0.3, -0.25) is 4.90 Å². The molecule has 0 unspecified atom stereocenters. The highest BCUT2D eigenvalue weighted by atomic mass is 32.1. The summed E-state index contributed by atoms with van der Waals surface area (Å²) in [6.45, 7) is 12.9. The predicted octanol–water partition coefficient (Wildman–Crippen LogP) is 3.18. The maximum absolute atomic E-state index is 4.73. The van der Waals surface area contributed by atoms with Crippen molar-refractivity contribution in [3.8, 4) is 0 Å². The van der Waals surface area contributed by atoms with Gasteiger partial charge in [0, 0.05) is 37.1 Å². The second-order valence-electron chi connectivity index (χ2n) is 6.39. The molecular weight excluding hydrogens is 254 g/mol. The average Bonchev–Trinajstić information content (AvgIpc) is 2.73. The first-order valence-electron chi connectivity index (χ1n) is 6.99. The number of thiazole rings is 1. The van der Waals surface area contributed by atoms with E-state index in [1.807, 2.05) is 0 Å². The predicted molar refractivity (Wildman–Crippen MR) is 82.4 cm³/mol. The Balaban J connectivity index is 1.85. The van der Waals surface area contributed by atoms with E-state index in [0.717, 1.165) is 26.2 Å². The largest absolute Gasteiger partial charge is 0.306 e. The molecule has 0 fully saturated rings. The third kappa shape index (κ3) is 5.05. The lowest BCUT2D eigenvalue weighted by Crippen LogP contribution is -2.35. The first-order chi connectivity index (χ1) is 8.92. The molecule has 0 bridgehead atoms. The minimum absolute atomic E-state index is 0.153. The summed E-state index contributed by atoms with van der Waals surface area (Å²) in [7, 11) is 0. The molecule has 19 heavy (non-hydrogen) atoms. The monoisotopic (exact) mass is 279 g/mol. The summed E-state index contributed by atoms with van der Waals surface area (Å²) in [4.78, 5) is 7.20. The van der Waals surface area contributed by atoms with Gasteiger partial charge in [0.05, 0.1) is 5.69 Å². The minimum Gasteiger partial charge on any atom is -0.306 e. The molecule has 2 rings (SSSR count). The molecule has 1 aromatic heterocycles. The highest BCUT2D eigenvalue weighted by Gasteiger charge is 2.13. The van der Waals surface area contributed by atoms with E-state index in [0.29, 0.717) is 0 Å². The lowest BCUT2D eigenvalue weighted by atomic mass is 10.1. The number of hydrogen-bond acceptors (Lipinski definition) is 4. The van der Waals surface area contributed by atoms with E-state index in [9.17, 15) is 0 Å². The third-order valence-electron chi connectivity index (χ3n) is 3.17. The highest BCUT2D eigenvalue weighted by molar-refractivity contribution is 7.09. The zero-order valence-corrected chi connectivity index (χ0v) is 13.3. The Kier molecular flexibility index (Phi) is 4.76. The Morgan fingerprint density at radius 1 is 1.42 bits per heavy atom. The highest BCUT2D eigenvalue weighted by Crippen LogP contribution is 2.16. The second-order valence-corrected chi connectivity index (χ2v) is 7.33. The van der Waals surface area contributed by atoms with Crippen molar-refractivity contribution >= 4 is 11.3 Å². The van der Waals surface area contributed by atoms with Crippen LogP contribution in [-0.2, 0) is 13.1 Å². The van der Waals surface area contributed by atoms with Crippen molar-refractivity contribution in [2.45, 2.75) is 52.7 Å². The molecule has 1 aliphatic rings. The van der Waals surface area contributed by atoms with Gasteiger partial charge < -0.3 is 5.32 Å². The van der Waals surface area contributed by atoms with Gasteiger partial charge in [-0.15, -0.1) is 11.3 Å². The molecule has 0 spiro atoms. The number of aromatic nitrogens is 1. The van der Waals surface area contributed by atoms with E-state index in [2.05, 4.69) is 49.4 Å².